The smallest absolute Gasteiger partial charge is 0.282 e. The Morgan fingerprint density at radius 1 is 1.64 bits per heavy atom. The number of fused-ring (bicyclic) bond motifs is 1. The van der Waals surface area contributed by atoms with Gasteiger partial charge in [-0.1, -0.05) is 0 Å². The molecule has 7 heteroatoms. The van der Waals surface area contributed by atoms with Crippen LogP contribution in [-0.2, 0) is 0 Å². The molecule has 0 unspecified atom stereocenters. The lowest BCUT2D eigenvalue weighted by Gasteiger charge is -2.01. The first-order valence-electron chi connectivity index (χ1n) is 3.70. The summed E-state index contributed by atoms with van der Waals surface area (Å²) in [5.74, 6) is 4.47. The molecule has 2 rings (SSSR count). The number of nitrogens with one attached hydrogen (secondary N) is 1. The SMILES string of the molecule is NNC(=O)c1cc(=O)nc2sccn12. The molecule has 0 fully saturated rings. The van der Waals surface area contributed by atoms with Gasteiger partial charge in [0.2, 0.25) is 0 Å². The van der Waals surface area contributed by atoms with Gasteiger partial charge in [0.1, 0.15) is 5.69 Å². The highest BCUT2D eigenvalue weighted by atomic mass is 32.1. The van der Waals surface area contributed by atoms with Gasteiger partial charge in [0.15, 0.2) is 4.96 Å². The van der Waals surface area contributed by atoms with Crippen molar-refractivity contribution in [1.29, 1.82) is 0 Å². The number of nitrogen functional groups attached to an aromatic ring is 1. The molecule has 2 aromatic rings. The molecule has 72 valence electrons. The zero-order chi connectivity index (χ0) is 10.1. The van der Waals surface area contributed by atoms with Gasteiger partial charge in [0.25, 0.3) is 11.5 Å². The van der Waals surface area contributed by atoms with Gasteiger partial charge in [0, 0.05) is 17.6 Å². The summed E-state index contributed by atoms with van der Waals surface area (Å²) in [6, 6.07) is 1.14. The van der Waals surface area contributed by atoms with E-state index in [4.69, 9.17) is 5.84 Å². The van der Waals surface area contributed by atoms with Crippen molar-refractivity contribution < 1.29 is 4.79 Å². The third-order valence-corrected chi connectivity index (χ3v) is 2.44. The van der Waals surface area contributed by atoms with Crippen LogP contribution < -0.4 is 16.8 Å². The number of thiazole rings is 1. The van der Waals surface area contributed by atoms with Crippen LogP contribution in [0.2, 0.25) is 0 Å². The van der Waals surface area contributed by atoms with Gasteiger partial charge in [-0.15, -0.1) is 11.3 Å². The van der Waals surface area contributed by atoms with Gasteiger partial charge < -0.3 is 0 Å². The van der Waals surface area contributed by atoms with Crippen LogP contribution in [0, 0.1) is 0 Å². The van der Waals surface area contributed by atoms with E-state index in [1.54, 1.807) is 11.6 Å². The van der Waals surface area contributed by atoms with Crippen molar-refractivity contribution in [3.63, 3.8) is 0 Å². The molecule has 0 atom stereocenters. The number of amides is 1. The number of nitrogens with zero attached hydrogens (tertiary/aromatic N) is 2. The van der Waals surface area contributed by atoms with Crippen LogP contribution in [0.25, 0.3) is 4.96 Å². The number of carbonyl (C=O) groups excluding carboxylic acids is 1. The Hall–Kier alpha value is -1.73. The summed E-state index contributed by atoms with van der Waals surface area (Å²) in [7, 11) is 0. The highest BCUT2D eigenvalue weighted by Gasteiger charge is 2.10. The Morgan fingerprint density at radius 2 is 2.43 bits per heavy atom. The molecule has 0 saturated heterocycles. The minimum atomic E-state index is -0.516. The highest BCUT2D eigenvalue weighted by molar-refractivity contribution is 7.15. The number of rotatable bonds is 1. The molecule has 0 aliphatic heterocycles. The number of nitrogens with two attached hydrogens (primary N) is 1. The van der Waals surface area contributed by atoms with Gasteiger partial charge >= 0.3 is 0 Å². The van der Waals surface area contributed by atoms with Crippen molar-refractivity contribution >= 4 is 22.2 Å². The Bertz CT molecular complexity index is 544. The van der Waals surface area contributed by atoms with Gasteiger partial charge in [-0.25, -0.2) is 5.84 Å². The summed E-state index contributed by atoms with van der Waals surface area (Å²) in [5.41, 5.74) is 1.70. The molecule has 0 radical (unpaired) electrons. The fourth-order valence-electron chi connectivity index (χ4n) is 1.10. The second-order valence-electron chi connectivity index (χ2n) is 2.51. The van der Waals surface area contributed by atoms with Crippen LogP contribution in [0.4, 0.5) is 0 Å². The fourth-order valence-corrected chi connectivity index (χ4v) is 1.82. The van der Waals surface area contributed by atoms with Crippen LogP contribution in [0.5, 0.6) is 0 Å². The molecule has 0 aromatic carbocycles. The fraction of sp³-hybridized carbons (Fsp3) is 0. The van der Waals surface area contributed by atoms with E-state index in [1.165, 1.54) is 15.7 Å². The van der Waals surface area contributed by atoms with Crippen LogP contribution >= 0.6 is 11.3 Å². The third kappa shape index (κ3) is 1.28. The molecule has 0 spiro atoms. The average Bonchev–Trinajstić information content (AvgIpc) is 2.62. The molecule has 6 nitrogen and oxygen atoms in total. The van der Waals surface area contributed by atoms with E-state index in [-0.39, 0.29) is 5.69 Å². The largest absolute Gasteiger partial charge is 0.289 e. The second-order valence-corrected chi connectivity index (χ2v) is 3.38. The van der Waals surface area contributed by atoms with Gasteiger partial charge in [0.05, 0.1) is 0 Å². The van der Waals surface area contributed by atoms with E-state index >= 15 is 0 Å². The number of carbonyl (C=O) groups is 1. The van der Waals surface area contributed by atoms with Crippen molar-refractivity contribution in [2.24, 2.45) is 5.84 Å². The lowest BCUT2D eigenvalue weighted by Crippen LogP contribution is -2.32. The summed E-state index contributed by atoms with van der Waals surface area (Å²) in [6.07, 6.45) is 1.65. The second kappa shape index (κ2) is 3.20. The number of aromatic nitrogens is 2. The number of hydrazine groups is 1. The standard InChI is InChI=1S/C7H6N4O2S/c8-10-6(13)4-3-5(12)9-7-11(4)1-2-14-7/h1-3H,8H2,(H,10,13). The van der Waals surface area contributed by atoms with Crippen LogP contribution in [0.15, 0.2) is 22.4 Å². The molecular formula is C7H6N4O2S. The normalized spacial score (nSPS) is 10.4. The molecule has 3 N–H and O–H groups in total. The summed E-state index contributed by atoms with van der Waals surface area (Å²) < 4.78 is 1.51. The quantitative estimate of drug-likeness (QED) is 0.372. The summed E-state index contributed by atoms with van der Waals surface area (Å²) >= 11 is 1.27. The van der Waals surface area contributed by atoms with Gasteiger partial charge in [-0.05, 0) is 0 Å². The van der Waals surface area contributed by atoms with Gasteiger partial charge in [-0.2, -0.15) is 4.98 Å². The summed E-state index contributed by atoms with van der Waals surface area (Å²) in [5, 5.41) is 1.73. The Morgan fingerprint density at radius 3 is 3.14 bits per heavy atom. The van der Waals surface area contributed by atoms with Crippen molar-refractivity contribution in [2.45, 2.75) is 0 Å². The zero-order valence-corrected chi connectivity index (χ0v) is 7.75. The molecule has 0 aliphatic carbocycles. The molecule has 0 saturated carbocycles. The maximum absolute atomic E-state index is 11.3. The van der Waals surface area contributed by atoms with E-state index in [9.17, 15) is 9.59 Å². The van der Waals surface area contributed by atoms with E-state index in [0.717, 1.165) is 6.07 Å². The van der Waals surface area contributed by atoms with Gasteiger partial charge in [-0.3, -0.25) is 19.4 Å². The van der Waals surface area contributed by atoms with Crippen molar-refractivity contribution in [2.75, 3.05) is 0 Å². The number of hydrogen-bond acceptors (Lipinski definition) is 5. The van der Waals surface area contributed by atoms with Crippen molar-refractivity contribution in [3.8, 4) is 0 Å². The van der Waals surface area contributed by atoms with E-state index in [1.807, 2.05) is 5.43 Å². The monoisotopic (exact) mass is 210 g/mol. The Kier molecular flexibility index (Phi) is 2.02. The van der Waals surface area contributed by atoms with E-state index < -0.39 is 11.5 Å². The average molecular weight is 210 g/mol. The molecule has 14 heavy (non-hydrogen) atoms. The molecular weight excluding hydrogens is 204 g/mol. The molecule has 0 aliphatic rings. The topological polar surface area (TPSA) is 89.5 Å². The predicted octanol–water partition coefficient (Wildman–Crippen LogP) is -0.641. The minimum absolute atomic E-state index is 0.184. The first-order valence-corrected chi connectivity index (χ1v) is 4.58. The summed E-state index contributed by atoms with van der Waals surface area (Å²) in [6.45, 7) is 0. The van der Waals surface area contributed by atoms with E-state index in [2.05, 4.69) is 4.98 Å². The minimum Gasteiger partial charge on any atom is -0.289 e. The lowest BCUT2D eigenvalue weighted by molar-refractivity contribution is 0.0947. The Labute approximate surface area is 82.0 Å². The summed E-state index contributed by atoms with van der Waals surface area (Å²) in [4.78, 5) is 26.5. The predicted molar refractivity (Wildman–Crippen MR) is 51.0 cm³/mol. The first-order chi connectivity index (χ1) is 6.72. The number of hydrogen-bond donors (Lipinski definition) is 2. The lowest BCUT2D eigenvalue weighted by atomic mass is 10.4. The Balaban J connectivity index is 2.79. The maximum Gasteiger partial charge on any atom is 0.282 e. The third-order valence-electron chi connectivity index (χ3n) is 1.68. The van der Waals surface area contributed by atoms with Crippen LogP contribution in [0.1, 0.15) is 10.5 Å². The maximum atomic E-state index is 11.3. The molecule has 2 aromatic heterocycles. The van der Waals surface area contributed by atoms with E-state index in [0.29, 0.717) is 4.96 Å². The van der Waals surface area contributed by atoms with Crippen molar-refractivity contribution in [1.82, 2.24) is 14.8 Å². The zero-order valence-electron chi connectivity index (χ0n) is 6.93. The molecule has 0 bridgehead atoms. The molecule has 1 amide bonds. The first kappa shape index (κ1) is 8.85. The van der Waals surface area contributed by atoms with Crippen LogP contribution in [0.3, 0.4) is 0 Å². The van der Waals surface area contributed by atoms with Crippen LogP contribution in [-0.4, -0.2) is 15.3 Å². The van der Waals surface area contributed by atoms with Crippen molar-refractivity contribution in [3.05, 3.63) is 33.7 Å². The highest BCUT2D eigenvalue weighted by Crippen LogP contribution is 2.08. The molecule has 2 heterocycles.